The third-order valence-electron chi connectivity index (χ3n) is 2.71. The lowest BCUT2D eigenvalue weighted by molar-refractivity contribution is -0.122. The van der Waals surface area contributed by atoms with Gasteiger partial charge >= 0.3 is 0 Å². The average Bonchev–Trinajstić information content (AvgIpc) is 2.68. The largest absolute Gasteiger partial charge is 0.483 e. The highest BCUT2D eigenvalue weighted by Gasteiger charge is 2.15. The molecular weight excluding hydrogens is 214 g/mol. The molecule has 0 aliphatic heterocycles. The Hall–Kier alpha value is -2.13. The van der Waals surface area contributed by atoms with Crippen molar-refractivity contribution in [3.8, 4) is 11.1 Å². The Bertz CT molecular complexity index is 466. The van der Waals surface area contributed by atoms with Gasteiger partial charge in [0.05, 0.1) is 0 Å². The van der Waals surface area contributed by atoms with Gasteiger partial charge in [0.1, 0.15) is 0 Å². The summed E-state index contributed by atoms with van der Waals surface area (Å²) in [6.07, 6.45) is 1.10. The third-order valence-corrected chi connectivity index (χ3v) is 2.71. The van der Waals surface area contributed by atoms with Crippen molar-refractivity contribution < 1.29 is 9.90 Å². The fourth-order valence-corrected chi connectivity index (χ4v) is 2.08. The second kappa shape index (κ2) is 5.82. The van der Waals surface area contributed by atoms with E-state index in [1.54, 1.807) is 0 Å². The zero-order valence-corrected chi connectivity index (χ0v) is 9.47. The summed E-state index contributed by atoms with van der Waals surface area (Å²) in [4.78, 5) is 8.36. The van der Waals surface area contributed by atoms with Gasteiger partial charge in [0, 0.05) is 0 Å². The molecule has 2 aromatic carbocycles. The number of benzene rings is 2. The maximum atomic E-state index is 8.36. The first-order valence-electron chi connectivity index (χ1n) is 5.11. The molecule has 4 N–H and O–H groups in total. The molecule has 0 unspecified atom stereocenters. The van der Waals surface area contributed by atoms with Gasteiger partial charge in [0.25, 0.3) is 6.47 Å². The predicted octanol–water partition coefficient (Wildman–Crippen LogP) is 3.12. The average molecular weight is 229 g/mol. The van der Waals surface area contributed by atoms with Crippen LogP contribution in [-0.4, -0.2) is 11.6 Å². The summed E-state index contributed by atoms with van der Waals surface area (Å²) in [5.41, 5.74) is 5.75. The van der Waals surface area contributed by atoms with Gasteiger partial charge in [0.15, 0.2) is 0 Å². The van der Waals surface area contributed by atoms with Crippen LogP contribution in [0, 0.1) is 0 Å². The smallest absolute Gasteiger partial charge is 0.290 e. The zero-order chi connectivity index (χ0) is 11.4. The summed E-state index contributed by atoms with van der Waals surface area (Å²) in [5.74, 6) is 0. The first kappa shape index (κ1) is 12.9. The summed E-state index contributed by atoms with van der Waals surface area (Å²) in [5, 5.41) is 6.89. The fraction of sp³-hybridized carbons (Fsp3) is 0.0714. The Morgan fingerprint density at radius 3 is 1.65 bits per heavy atom. The Morgan fingerprint density at radius 1 is 0.882 bits per heavy atom. The number of carboxylic acid groups (broad SMARTS) is 1. The number of hydrogen-bond donors (Lipinski definition) is 2. The zero-order valence-electron chi connectivity index (χ0n) is 9.47. The summed E-state index contributed by atoms with van der Waals surface area (Å²) < 4.78 is 0. The van der Waals surface area contributed by atoms with E-state index in [4.69, 9.17) is 9.90 Å². The molecule has 0 amide bonds. The van der Waals surface area contributed by atoms with Crippen LogP contribution in [0.4, 0.5) is 0 Å². The molecule has 88 valence electrons. The van der Waals surface area contributed by atoms with Crippen LogP contribution in [0.2, 0.25) is 0 Å². The van der Waals surface area contributed by atoms with E-state index >= 15 is 0 Å². The molecule has 3 rings (SSSR count). The van der Waals surface area contributed by atoms with Crippen LogP contribution in [0.1, 0.15) is 11.1 Å². The van der Waals surface area contributed by atoms with Crippen molar-refractivity contribution in [2.24, 2.45) is 0 Å². The van der Waals surface area contributed by atoms with Crippen LogP contribution in [-0.2, 0) is 11.2 Å². The lowest BCUT2D eigenvalue weighted by atomic mass is 10.1. The van der Waals surface area contributed by atoms with Gasteiger partial charge in [-0.15, -0.1) is 0 Å². The topological polar surface area (TPSA) is 72.3 Å². The van der Waals surface area contributed by atoms with Gasteiger partial charge in [-0.3, -0.25) is 4.79 Å². The van der Waals surface area contributed by atoms with Gasteiger partial charge in [0.2, 0.25) is 0 Å². The normalized spacial score (nSPS) is 10.1. The minimum absolute atomic E-state index is 0. The summed E-state index contributed by atoms with van der Waals surface area (Å²) in [6, 6.07) is 17.3. The highest BCUT2D eigenvalue weighted by atomic mass is 16.3. The van der Waals surface area contributed by atoms with Gasteiger partial charge in [-0.25, -0.2) is 0 Å². The molecule has 1 aliphatic rings. The SMILES string of the molecule is N.O=CO.c1ccc2c(c1)Cc1ccccc1-2. The molecule has 2 aromatic rings. The van der Waals surface area contributed by atoms with Gasteiger partial charge in [-0.05, 0) is 28.7 Å². The summed E-state index contributed by atoms with van der Waals surface area (Å²) in [6.45, 7) is -0.250. The van der Waals surface area contributed by atoms with Crippen LogP contribution >= 0.6 is 0 Å². The van der Waals surface area contributed by atoms with Gasteiger partial charge in [-0.1, -0.05) is 48.5 Å². The van der Waals surface area contributed by atoms with Crippen molar-refractivity contribution in [2.75, 3.05) is 0 Å². The molecule has 0 bridgehead atoms. The predicted molar refractivity (Wildman–Crippen MR) is 68.4 cm³/mol. The van der Waals surface area contributed by atoms with E-state index in [9.17, 15) is 0 Å². The van der Waals surface area contributed by atoms with Crippen molar-refractivity contribution in [3.63, 3.8) is 0 Å². The molecule has 3 nitrogen and oxygen atoms in total. The Morgan fingerprint density at radius 2 is 1.24 bits per heavy atom. The minimum Gasteiger partial charge on any atom is -0.483 e. The summed E-state index contributed by atoms with van der Waals surface area (Å²) >= 11 is 0. The minimum atomic E-state index is -0.250. The van der Waals surface area contributed by atoms with Crippen molar-refractivity contribution in [1.29, 1.82) is 0 Å². The van der Waals surface area contributed by atoms with E-state index in [0.717, 1.165) is 6.42 Å². The molecule has 0 spiro atoms. The molecule has 3 heteroatoms. The van der Waals surface area contributed by atoms with Crippen LogP contribution < -0.4 is 6.15 Å². The summed E-state index contributed by atoms with van der Waals surface area (Å²) in [7, 11) is 0. The van der Waals surface area contributed by atoms with Crippen LogP contribution in [0.3, 0.4) is 0 Å². The van der Waals surface area contributed by atoms with Crippen molar-refractivity contribution >= 4 is 6.47 Å². The van der Waals surface area contributed by atoms with E-state index in [2.05, 4.69) is 48.5 Å². The standard InChI is InChI=1S/C13H10.CH2O2.H3N/c1-3-7-12-10(5-1)9-11-6-2-4-8-13(11)12;2-1-3;/h1-8H,9H2;1H,(H,2,3);1H3. The highest BCUT2D eigenvalue weighted by molar-refractivity contribution is 5.76. The number of fused-ring (bicyclic) bond motifs is 3. The molecule has 0 radical (unpaired) electrons. The Kier molecular flexibility index (Phi) is 4.43. The Balaban J connectivity index is 0.000000331. The van der Waals surface area contributed by atoms with Crippen molar-refractivity contribution in [2.45, 2.75) is 6.42 Å². The molecule has 0 atom stereocenters. The van der Waals surface area contributed by atoms with Gasteiger partial charge < -0.3 is 11.3 Å². The second-order valence-electron chi connectivity index (χ2n) is 3.60. The molecule has 17 heavy (non-hydrogen) atoms. The van der Waals surface area contributed by atoms with Crippen LogP contribution in [0.15, 0.2) is 48.5 Å². The first-order valence-corrected chi connectivity index (χ1v) is 5.11. The first-order chi connectivity index (χ1) is 7.86. The van der Waals surface area contributed by atoms with Crippen molar-refractivity contribution in [1.82, 2.24) is 6.15 Å². The molecule has 0 saturated carbocycles. The van der Waals surface area contributed by atoms with Crippen LogP contribution in [0.5, 0.6) is 0 Å². The molecule has 0 saturated heterocycles. The molecule has 0 fully saturated rings. The number of hydrogen-bond acceptors (Lipinski definition) is 2. The van der Waals surface area contributed by atoms with Gasteiger partial charge in [-0.2, -0.15) is 0 Å². The fourth-order valence-electron chi connectivity index (χ4n) is 2.08. The van der Waals surface area contributed by atoms with E-state index < -0.39 is 0 Å². The van der Waals surface area contributed by atoms with E-state index in [1.165, 1.54) is 22.3 Å². The maximum Gasteiger partial charge on any atom is 0.290 e. The highest BCUT2D eigenvalue weighted by Crippen LogP contribution is 2.35. The quantitative estimate of drug-likeness (QED) is 0.582. The van der Waals surface area contributed by atoms with Crippen LogP contribution in [0.25, 0.3) is 11.1 Å². The Labute approximate surface area is 100 Å². The molecule has 0 aromatic heterocycles. The number of carbonyl (C=O) groups is 1. The maximum absolute atomic E-state index is 8.36. The second-order valence-corrected chi connectivity index (χ2v) is 3.60. The molecule has 0 heterocycles. The number of rotatable bonds is 0. The van der Waals surface area contributed by atoms with E-state index in [0.29, 0.717) is 0 Å². The lowest BCUT2D eigenvalue weighted by Crippen LogP contribution is -1.77. The van der Waals surface area contributed by atoms with E-state index in [1.807, 2.05) is 0 Å². The lowest BCUT2D eigenvalue weighted by Gasteiger charge is -1.98. The van der Waals surface area contributed by atoms with Crippen molar-refractivity contribution in [3.05, 3.63) is 59.7 Å². The molecular formula is C14H15NO2. The third kappa shape index (κ3) is 2.52. The molecule has 1 aliphatic carbocycles. The monoisotopic (exact) mass is 229 g/mol. The van der Waals surface area contributed by atoms with E-state index in [-0.39, 0.29) is 12.6 Å².